The van der Waals surface area contributed by atoms with Gasteiger partial charge in [0.25, 0.3) is 5.91 Å². The second-order valence-electron chi connectivity index (χ2n) is 9.49. The first-order chi connectivity index (χ1) is 17.7. The minimum absolute atomic E-state index is 0.0835. The molecule has 37 heavy (non-hydrogen) atoms. The second kappa shape index (κ2) is 10.8. The van der Waals surface area contributed by atoms with Crippen LogP contribution in [0.15, 0.2) is 48.8 Å². The zero-order chi connectivity index (χ0) is 26.6. The predicted octanol–water partition coefficient (Wildman–Crippen LogP) is 4.17. The molecule has 0 aliphatic heterocycles. The topological polar surface area (TPSA) is 126 Å². The maximum Gasteiger partial charge on any atom is 0.251 e. The third kappa shape index (κ3) is 6.15. The number of hydrogen-bond donors (Lipinski definition) is 4. The Kier molecular flexibility index (Phi) is 7.58. The number of benzene rings is 1. The molecule has 10 nitrogen and oxygen atoms in total. The number of nitrogens with zero attached hydrogens (tertiary/aromatic N) is 4. The first kappa shape index (κ1) is 25.9. The number of methoxy groups -OCH3 is 1. The molecule has 0 atom stereocenters. The lowest BCUT2D eigenvalue weighted by Crippen LogP contribution is -2.29. The molecule has 0 saturated carbocycles. The summed E-state index contributed by atoms with van der Waals surface area (Å²) in [5.74, 6) is 0.990. The summed E-state index contributed by atoms with van der Waals surface area (Å²) >= 11 is 0. The molecule has 10 heteroatoms. The number of aliphatic hydroxyl groups is 1. The Labute approximate surface area is 216 Å². The number of anilines is 3. The van der Waals surface area contributed by atoms with Crippen molar-refractivity contribution < 1.29 is 14.6 Å². The lowest BCUT2D eigenvalue weighted by molar-refractivity contribution is 0.0941. The Morgan fingerprint density at radius 2 is 1.95 bits per heavy atom. The maximum absolute atomic E-state index is 12.5. The molecule has 0 saturated heterocycles. The zero-order valence-electron chi connectivity index (χ0n) is 21.8. The number of carbonyl (C=O) groups excluding carboxylic acids is 1. The summed E-state index contributed by atoms with van der Waals surface area (Å²) in [4.78, 5) is 21.4. The Balaban J connectivity index is 1.74. The van der Waals surface area contributed by atoms with E-state index in [1.165, 1.54) is 0 Å². The summed E-state index contributed by atoms with van der Waals surface area (Å²) in [5.41, 5.74) is 4.28. The Morgan fingerprint density at radius 1 is 1.14 bits per heavy atom. The number of aryl methyl sites for hydroxylation is 1. The minimum Gasteiger partial charge on any atom is -0.481 e. The van der Waals surface area contributed by atoms with Gasteiger partial charge in [0.05, 0.1) is 42.2 Å². The summed E-state index contributed by atoms with van der Waals surface area (Å²) in [6.45, 7) is 8.36. The molecule has 194 valence electrons. The number of ether oxygens (including phenoxy) is 1. The van der Waals surface area contributed by atoms with Crippen molar-refractivity contribution in [2.75, 3.05) is 30.8 Å². The van der Waals surface area contributed by atoms with Crippen LogP contribution in [0.3, 0.4) is 0 Å². The van der Waals surface area contributed by atoms with Crippen LogP contribution in [-0.2, 0) is 0 Å². The van der Waals surface area contributed by atoms with Crippen LogP contribution in [0.4, 0.5) is 17.2 Å². The Morgan fingerprint density at radius 3 is 2.59 bits per heavy atom. The number of rotatable bonds is 10. The van der Waals surface area contributed by atoms with Crippen LogP contribution in [0.25, 0.3) is 16.9 Å². The van der Waals surface area contributed by atoms with Crippen molar-refractivity contribution in [3.05, 3.63) is 59.9 Å². The van der Waals surface area contributed by atoms with E-state index in [-0.39, 0.29) is 5.91 Å². The first-order valence-corrected chi connectivity index (χ1v) is 12.2. The SMILES string of the molecule is CCCNC(=O)c1ccc(-c2cnc3c(NCC(C)(C)O)cc(Nc4ccc(OC)nc4)nn23)cc1C. The highest BCUT2D eigenvalue weighted by molar-refractivity contribution is 5.96. The molecule has 4 rings (SSSR count). The van der Waals surface area contributed by atoms with Crippen LogP contribution in [0.5, 0.6) is 5.88 Å². The summed E-state index contributed by atoms with van der Waals surface area (Å²) in [5, 5.41) is 24.5. The number of pyridine rings is 1. The summed E-state index contributed by atoms with van der Waals surface area (Å²) in [6, 6.07) is 11.1. The van der Waals surface area contributed by atoms with Crippen LogP contribution < -0.4 is 20.7 Å². The van der Waals surface area contributed by atoms with Crippen LogP contribution in [-0.4, -0.2) is 56.4 Å². The number of fused-ring (bicyclic) bond motifs is 1. The molecule has 0 aliphatic carbocycles. The average Bonchev–Trinajstić information content (AvgIpc) is 3.30. The molecule has 0 aliphatic rings. The molecule has 4 N–H and O–H groups in total. The molecule has 0 bridgehead atoms. The van der Waals surface area contributed by atoms with Gasteiger partial charge in [-0.25, -0.2) is 14.5 Å². The van der Waals surface area contributed by atoms with Crippen LogP contribution in [0, 0.1) is 6.92 Å². The minimum atomic E-state index is -0.922. The van der Waals surface area contributed by atoms with E-state index in [1.807, 2.05) is 44.2 Å². The molecule has 0 unspecified atom stereocenters. The van der Waals surface area contributed by atoms with Gasteiger partial charge in [-0.3, -0.25) is 4.79 Å². The molecule has 0 radical (unpaired) electrons. The van der Waals surface area contributed by atoms with Gasteiger partial charge in [0.15, 0.2) is 11.5 Å². The first-order valence-electron chi connectivity index (χ1n) is 12.2. The molecule has 4 aromatic rings. The van der Waals surface area contributed by atoms with E-state index < -0.39 is 5.60 Å². The van der Waals surface area contributed by atoms with E-state index in [2.05, 4.69) is 25.9 Å². The van der Waals surface area contributed by atoms with Gasteiger partial charge in [-0.1, -0.05) is 13.0 Å². The van der Waals surface area contributed by atoms with Gasteiger partial charge in [-0.2, -0.15) is 0 Å². The predicted molar refractivity (Wildman–Crippen MR) is 145 cm³/mol. The highest BCUT2D eigenvalue weighted by atomic mass is 16.5. The quantitative estimate of drug-likeness (QED) is 0.254. The molecule has 1 aromatic carbocycles. The fourth-order valence-electron chi connectivity index (χ4n) is 3.80. The van der Waals surface area contributed by atoms with Crippen molar-refractivity contribution >= 4 is 28.7 Å². The number of hydrogen-bond acceptors (Lipinski definition) is 8. The van der Waals surface area contributed by atoms with Gasteiger partial charge >= 0.3 is 0 Å². The maximum atomic E-state index is 12.5. The number of aromatic nitrogens is 4. The molecule has 3 heterocycles. The van der Waals surface area contributed by atoms with Gasteiger partial charge in [0.1, 0.15) is 0 Å². The lowest BCUT2D eigenvalue weighted by atomic mass is 10.0. The van der Waals surface area contributed by atoms with Gasteiger partial charge in [-0.05, 0) is 51.0 Å². The smallest absolute Gasteiger partial charge is 0.251 e. The van der Waals surface area contributed by atoms with E-state index in [1.54, 1.807) is 43.9 Å². The molecule has 0 spiro atoms. The highest BCUT2D eigenvalue weighted by Gasteiger charge is 2.18. The van der Waals surface area contributed by atoms with Crippen LogP contribution in [0.2, 0.25) is 0 Å². The van der Waals surface area contributed by atoms with Crippen molar-refractivity contribution in [3.8, 4) is 17.1 Å². The summed E-state index contributed by atoms with van der Waals surface area (Å²) in [7, 11) is 1.57. The van der Waals surface area contributed by atoms with Gasteiger partial charge in [0.2, 0.25) is 5.88 Å². The molecule has 3 aromatic heterocycles. The third-order valence-electron chi connectivity index (χ3n) is 5.70. The van der Waals surface area contributed by atoms with E-state index in [0.717, 1.165) is 28.9 Å². The Hall–Kier alpha value is -4.18. The van der Waals surface area contributed by atoms with E-state index in [0.29, 0.717) is 41.7 Å². The fourth-order valence-corrected chi connectivity index (χ4v) is 3.80. The van der Waals surface area contributed by atoms with E-state index in [4.69, 9.17) is 9.84 Å². The number of carbonyl (C=O) groups is 1. The monoisotopic (exact) mass is 503 g/mol. The second-order valence-corrected chi connectivity index (χ2v) is 9.49. The average molecular weight is 504 g/mol. The number of amides is 1. The standard InChI is InChI=1S/C27H33N7O3/c1-6-11-28-26(35)20-9-7-18(12-17(20)2)22-15-30-25-21(31-16-27(3,4)36)13-23(33-34(22)25)32-19-8-10-24(37-5)29-14-19/h7-10,12-15,31,36H,6,11,16H2,1-5H3,(H,28,35)(H,32,33). The third-order valence-corrected chi connectivity index (χ3v) is 5.70. The largest absolute Gasteiger partial charge is 0.481 e. The van der Waals surface area contributed by atoms with Crippen molar-refractivity contribution in [1.29, 1.82) is 0 Å². The molecule has 0 fully saturated rings. The van der Waals surface area contributed by atoms with E-state index in [9.17, 15) is 9.90 Å². The van der Waals surface area contributed by atoms with Gasteiger partial charge < -0.3 is 25.8 Å². The normalized spacial score (nSPS) is 11.4. The van der Waals surface area contributed by atoms with Crippen LogP contribution in [0.1, 0.15) is 43.1 Å². The van der Waals surface area contributed by atoms with Crippen molar-refractivity contribution in [2.24, 2.45) is 0 Å². The summed E-state index contributed by atoms with van der Waals surface area (Å²) < 4.78 is 6.89. The fraction of sp³-hybridized carbons (Fsp3) is 0.333. The number of imidazole rings is 1. The van der Waals surface area contributed by atoms with Crippen LogP contribution >= 0.6 is 0 Å². The number of nitrogens with one attached hydrogen (secondary N) is 3. The Bertz CT molecular complexity index is 1390. The highest BCUT2D eigenvalue weighted by Crippen LogP contribution is 2.29. The van der Waals surface area contributed by atoms with Crippen molar-refractivity contribution in [2.45, 2.75) is 39.7 Å². The molecular weight excluding hydrogens is 470 g/mol. The van der Waals surface area contributed by atoms with E-state index >= 15 is 0 Å². The van der Waals surface area contributed by atoms with Gasteiger partial charge in [0, 0.05) is 36.3 Å². The molecule has 1 amide bonds. The summed E-state index contributed by atoms with van der Waals surface area (Å²) in [6.07, 6.45) is 4.29. The molecular formula is C27H33N7O3. The van der Waals surface area contributed by atoms with Crippen molar-refractivity contribution in [1.82, 2.24) is 24.9 Å². The van der Waals surface area contributed by atoms with Gasteiger partial charge in [-0.15, -0.1) is 5.10 Å². The van der Waals surface area contributed by atoms with Crippen molar-refractivity contribution in [3.63, 3.8) is 0 Å². The zero-order valence-corrected chi connectivity index (χ0v) is 21.8. The lowest BCUT2D eigenvalue weighted by Gasteiger charge is -2.19.